The van der Waals surface area contributed by atoms with Gasteiger partial charge in [-0.2, -0.15) is 18.3 Å². The van der Waals surface area contributed by atoms with Crippen LogP contribution in [0.2, 0.25) is 5.02 Å². The molecule has 0 radical (unpaired) electrons. The number of hydrazone groups is 1. The zero-order valence-corrected chi connectivity index (χ0v) is 16.8. The summed E-state index contributed by atoms with van der Waals surface area (Å²) >= 11 is 5.79. The normalized spacial score (nSPS) is 11.5. The molecule has 0 atom stereocenters. The maximum Gasteiger partial charge on any atom is 0.416 e. The van der Waals surface area contributed by atoms with Crippen molar-refractivity contribution in [2.75, 3.05) is 11.9 Å². The number of alkyl halides is 3. The molecule has 0 aliphatic carbocycles. The van der Waals surface area contributed by atoms with Gasteiger partial charge in [0.1, 0.15) is 16.5 Å². The van der Waals surface area contributed by atoms with Gasteiger partial charge in [-0.15, -0.1) is 0 Å². The van der Waals surface area contributed by atoms with E-state index in [0.717, 1.165) is 12.1 Å². The number of carbonyl (C=O) groups is 1. The van der Waals surface area contributed by atoms with Crippen molar-refractivity contribution in [1.29, 1.82) is 0 Å². The number of halogens is 4. The lowest BCUT2D eigenvalue weighted by molar-refractivity contribution is -0.384. The Kier molecular flexibility index (Phi) is 6.79. The number of benzene rings is 2. The van der Waals surface area contributed by atoms with Crippen LogP contribution in [-0.2, 0) is 11.0 Å². The van der Waals surface area contributed by atoms with Crippen molar-refractivity contribution in [2.24, 2.45) is 5.10 Å². The Morgan fingerprint density at radius 3 is 2.69 bits per heavy atom. The summed E-state index contributed by atoms with van der Waals surface area (Å²) in [6, 6.07) is 11.7. The van der Waals surface area contributed by atoms with Crippen molar-refractivity contribution >= 4 is 35.1 Å². The van der Waals surface area contributed by atoms with Gasteiger partial charge in [-0.3, -0.25) is 14.9 Å². The van der Waals surface area contributed by atoms with Crippen molar-refractivity contribution in [2.45, 2.75) is 6.18 Å². The van der Waals surface area contributed by atoms with E-state index in [0.29, 0.717) is 11.3 Å². The van der Waals surface area contributed by atoms with E-state index in [2.05, 4.69) is 15.8 Å². The summed E-state index contributed by atoms with van der Waals surface area (Å²) in [5.41, 5.74) is 1.66. The van der Waals surface area contributed by atoms with Gasteiger partial charge in [0.15, 0.2) is 0 Å². The van der Waals surface area contributed by atoms with Gasteiger partial charge < -0.3 is 9.73 Å². The Balaban J connectivity index is 1.56. The molecule has 3 rings (SSSR count). The highest BCUT2D eigenvalue weighted by atomic mass is 35.5. The number of amides is 1. The molecule has 0 aliphatic heterocycles. The molecule has 0 unspecified atom stereocenters. The molecular formula is C20H14ClF3N4O4. The minimum Gasteiger partial charge on any atom is -0.455 e. The van der Waals surface area contributed by atoms with Crippen LogP contribution in [0.15, 0.2) is 64.1 Å². The Labute approximate surface area is 183 Å². The van der Waals surface area contributed by atoms with Crippen molar-refractivity contribution in [3.63, 3.8) is 0 Å². The van der Waals surface area contributed by atoms with E-state index in [4.69, 9.17) is 16.0 Å². The molecule has 0 saturated carbocycles. The van der Waals surface area contributed by atoms with Crippen molar-refractivity contribution < 1.29 is 27.3 Å². The number of nitrogens with one attached hydrogen (secondary N) is 2. The first-order valence-electron chi connectivity index (χ1n) is 8.90. The van der Waals surface area contributed by atoms with Crippen LogP contribution in [0.4, 0.5) is 24.5 Å². The van der Waals surface area contributed by atoms with E-state index >= 15 is 0 Å². The highest BCUT2D eigenvalue weighted by molar-refractivity contribution is 6.32. The van der Waals surface area contributed by atoms with Gasteiger partial charge in [-0.05, 0) is 42.5 Å². The standard InChI is InChI=1S/C20H14ClF3N4O4/c21-16-6-4-12(8-17(16)28(30)31)18-7-5-15(32-18)10-26-27-19(29)11-25-14-3-1-2-13(9-14)20(22,23)24/h1-10,25H,11H2,(H,27,29)/b26-10-. The minimum absolute atomic E-state index is 0.00598. The summed E-state index contributed by atoms with van der Waals surface area (Å²) in [5, 5.41) is 17.3. The van der Waals surface area contributed by atoms with E-state index in [1.165, 1.54) is 36.5 Å². The average Bonchev–Trinajstić information content (AvgIpc) is 3.21. The summed E-state index contributed by atoms with van der Waals surface area (Å²) in [6.07, 6.45) is -3.28. The summed E-state index contributed by atoms with van der Waals surface area (Å²) in [6.45, 7) is -0.309. The first-order chi connectivity index (χ1) is 15.1. The number of anilines is 1. The lowest BCUT2D eigenvalue weighted by Crippen LogP contribution is -2.26. The third-order valence-corrected chi connectivity index (χ3v) is 4.40. The van der Waals surface area contributed by atoms with Gasteiger partial charge >= 0.3 is 6.18 Å². The smallest absolute Gasteiger partial charge is 0.416 e. The topological polar surface area (TPSA) is 110 Å². The van der Waals surface area contributed by atoms with Crippen LogP contribution >= 0.6 is 11.6 Å². The molecule has 166 valence electrons. The quantitative estimate of drug-likeness (QED) is 0.286. The van der Waals surface area contributed by atoms with Gasteiger partial charge in [0, 0.05) is 17.3 Å². The maximum absolute atomic E-state index is 12.7. The number of nitro groups is 1. The van der Waals surface area contributed by atoms with Crippen LogP contribution in [0.25, 0.3) is 11.3 Å². The van der Waals surface area contributed by atoms with Crippen LogP contribution < -0.4 is 10.7 Å². The largest absolute Gasteiger partial charge is 0.455 e. The summed E-state index contributed by atoms with van der Waals surface area (Å²) < 4.78 is 43.6. The van der Waals surface area contributed by atoms with Crippen molar-refractivity contribution in [1.82, 2.24) is 5.43 Å². The molecule has 1 amide bonds. The SMILES string of the molecule is O=C(CNc1cccc(C(F)(F)F)c1)N/N=C\c1ccc(-c2ccc(Cl)c([N+](=O)[O-])c2)o1. The fraction of sp³-hybridized carbons (Fsp3) is 0.100. The molecule has 0 saturated heterocycles. The Hall–Kier alpha value is -3.86. The lowest BCUT2D eigenvalue weighted by atomic mass is 10.1. The molecule has 32 heavy (non-hydrogen) atoms. The fourth-order valence-corrected chi connectivity index (χ4v) is 2.77. The number of hydrogen-bond acceptors (Lipinski definition) is 6. The number of carbonyl (C=O) groups excluding carboxylic acids is 1. The average molecular weight is 467 g/mol. The molecule has 1 heterocycles. The summed E-state index contributed by atoms with van der Waals surface area (Å²) in [5.74, 6) is -0.0220. The Morgan fingerprint density at radius 2 is 1.97 bits per heavy atom. The highest BCUT2D eigenvalue weighted by Crippen LogP contribution is 2.31. The maximum atomic E-state index is 12.7. The van der Waals surface area contributed by atoms with Crippen LogP contribution in [0.1, 0.15) is 11.3 Å². The lowest BCUT2D eigenvalue weighted by Gasteiger charge is -2.09. The van der Waals surface area contributed by atoms with Gasteiger partial charge in [0.05, 0.1) is 23.2 Å². The molecule has 0 fully saturated rings. The molecule has 0 spiro atoms. The number of hydrogen-bond donors (Lipinski definition) is 2. The van der Waals surface area contributed by atoms with Gasteiger partial charge in [-0.25, -0.2) is 5.43 Å². The van der Waals surface area contributed by atoms with Gasteiger partial charge in [0.25, 0.3) is 11.6 Å². The van der Waals surface area contributed by atoms with E-state index in [9.17, 15) is 28.1 Å². The number of nitro benzene ring substituents is 1. The predicted octanol–water partition coefficient (Wildman–Crippen LogP) is 5.09. The van der Waals surface area contributed by atoms with Crippen molar-refractivity contribution in [3.8, 4) is 11.3 Å². The molecule has 0 bridgehead atoms. The molecule has 2 N–H and O–H groups in total. The summed E-state index contributed by atoms with van der Waals surface area (Å²) in [4.78, 5) is 22.2. The van der Waals surface area contributed by atoms with Crippen LogP contribution in [0, 0.1) is 10.1 Å². The third kappa shape index (κ3) is 5.85. The van der Waals surface area contributed by atoms with E-state index in [1.807, 2.05) is 0 Å². The predicted molar refractivity (Wildman–Crippen MR) is 111 cm³/mol. The first-order valence-corrected chi connectivity index (χ1v) is 9.28. The second-order valence-electron chi connectivity index (χ2n) is 6.35. The minimum atomic E-state index is -4.48. The molecule has 1 aromatic heterocycles. The molecular weight excluding hydrogens is 453 g/mol. The van der Waals surface area contributed by atoms with E-state index in [1.54, 1.807) is 12.1 Å². The van der Waals surface area contributed by atoms with Crippen LogP contribution in [-0.4, -0.2) is 23.6 Å². The Morgan fingerprint density at radius 1 is 1.19 bits per heavy atom. The number of furan rings is 1. The number of nitrogens with zero attached hydrogens (tertiary/aromatic N) is 2. The van der Waals surface area contributed by atoms with E-state index in [-0.39, 0.29) is 28.7 Å². The third-order valence-electron chi connectivity index (χ3n) is 4.08. The first kappa shape index (κ1) is 22.8. The van der Waals surface area contributed by atoms with Gasteiger partial charge in [-0.1, -0.05) is 17.7 Å². The van der Waals surface area contributed by atoms with Crippen LogP contribution in [0.3, 0.4) is 0 Å². The Bertz CT molecular complexity index is 1180. The fourth-order valence-electron chi connectivity index (χ4n) is 2.58. The second kappa shape index (κ2) is 9.52. The molecule has 0 aliphatic rings. The zero-order valence-electron chi connectivity index (χ0n) is 16.0. The molecule has 8 nitrogen and oxygen atoms in total. The number of rotatable bonds is 7. The molecule has 2 aromatic carbocycles. The zero-order chi connectivity index (χ0) is 23.3. The van der Waals surface area contributed by atoms with Crippen LogP contribution in [0.5, 0.6) is 0 Å². The molecule has 3 aromatic rings. The molecule has 12 heteroatoms. The second-order valence-corrected chi connectivity index (χ2v) is 6.76. The van der Waals surface area contributed by atoms with Crippen molar-refractivity contribution in [3.05, 3.63) is 81.1 Å². The summed E-state index contributed by atoms with van der Waals surface area (Å²) in [7, 11) is 0. The van der Waals surface area contributed by atoms with E-state index < -0.39 is 22.6 Å². The monoisotopic (exact) mass is 466 g/mol. The van der Waals surface area contributed by atoms with Gasteiger partial charge in [0.2, 0.25) is 0 Å². The highest BCUT2D eigenvalue weighted by Gasteiger charge is 2.30.